The number of hydrogen-bond donors (Lipinski definition) is 2. The van der Waals surface area contributed by atoms with Gasteiger partial charge in [-0.2, -0.15) is 5.10 Å². The number of hydrogen-bond acceptors (Lipinski definition) is 5. The van der Waals surface area contributed by atoms with Gasteiger partial charge in [-0.25, -0.2) is 9.48 Å². The number of pyridine rings is 1. The number of aromatic amines is 1. The van der Waals surface area contributed by atoms with E-state index in [1.54, 1.807) is 23.0 Å². The number of H-pyrrole nitrogens is 1. The zero-order chi connectivity index (χ0) is 21.2. The predicted molar refractivity (Wildman–Crippen MR) is 114 cm³/mol. The Morgan fingerprint density at radius 2 is 1.94 bits per heavy atom. The van der Waals surface area contributed by atoms with Gasteiger partial charge in [-0.15, -0.1) is 5.10 Å². The predicted octanol–water partition coefficient (Wildman–Crippen LogP) is 2.26. The van der Waals surface area contributed by atoms with Crippen LogP contribution in [0, 0.1) is 0 Å². The summed E-state index contributed by atoms with van der Waals surface area (Å²) < 4.78 is 3.14. The van der Waals surface area contributed by atoms with Gasteiger partial charge < -0.3 is 5.32 Å². The van der Waals surface area contributed by atoms with Crippen LogP contribution in [0.3, 0.4) is 0 Å². The highest BCUT2D eigenvalue weighted by molar-refractivity contribution is 5.93. The van der Waals surface area contributed by atoms with Crippen molar-refractivity contribution in [1.29, 1.82) is 0 Å². The topological polar surface area (TPSA) is 110 Å². The molecule has 4 aromatic rings. The van der Waals surface area contributed by atoms with E-state index in [9.17, 15) is 9.59 Å². The first-order valence-electron chi connectivity index (χ1n) is 10.2. The Kier molecular flexibility index (Phi) is 4.91. The van der Waals surface area contributed by atoms with Crippen molar-refractivity contribution in [3.8, 4) is 22.6 Å². The van der Waals surface area contributed by atoms with Gasteiger partial charge in [-0.1, -0.05) is 30.3 Å². The van der Waals surface area contributed by atoms with Crippen molar-refractivity contribution in [2.24, 2.45) is 0 Å². The van der Waals surface area contributed by atoms with Crippen LogP contribution >= 0.6 is 0 Å². The highest BCUT2D eigenvalue weighted by Gasteiger charge is 2.30. The molecule has 0 radical (unpaired) electrons. The van der Waals surface area contributed by atoms with Crippen molar-refractivity contribution in [2.75, 3.05) is 6.54 Å². The monoisotopic (exact) mass is 415 g/mol. The molecule has 0 unspecified atom stereocenters. The minimum Gasteiger partial charge on any atom is -0.349 e. The van der Waals surface area contributed by atoms with Crippen molar-refractivity contribution < 1.29 is 4.79 Å². The van der Waals surface area contributed by atoms with Gasteiger partial charge in [-0.3, -0.25) is 19.4 Å². The summed E-state index contributed by atoms with van der Waals surface area (Å²) in [5, 5.41) is 14.3. The standard InChI is InChI=1S/C22H21N7O2/c30-21(19-13-18(25-26-19)15-5-2-1-3-6-15)24-11-12-28-22(31)29(17-8-9-17)20(27-28)16-7-4-10-23-14-16/h1-7,10,13-14,17H,8-9,11-12H2,(H,24,30)(H,25,26). The molecule has 3 aromatic heterocycles. The maximum Gasteiger partial charge on any atom is 0.346 e. The number of carbonyl (C=O) groups is 1. The molecule has 0 aliphatic heterocycles. The van der Waals surface area contributed by atoms with Gasteiger partial charge >= 0.3 is 5.69 Å². The Morgan fingerprint density at radius 3 is 2.68 bits per heavy atom. The zero-order valence-electron chi connectivity index (χ0n) is 16.7. The average molecular weight is 415 g/mol. The quantitative estimate of drug-likeness (QED) is 0.481. The smallest absolute Gasteiger partial charge is 0.346 e. The fourth-order valence-corrected chi connectivity index (χ4v) is 3.48. The van der Waals surface area contributed by atoms with E-state index in [2.05, 4.69) is 25.6 Å². The first-order valence-corrected chi connectivity index (χ1v) is 10.2. The number of amides is 1. The molecule has 9 heteroatoms. The van der Waals surface area contributed by atoms with E-state index < -0.39 is 0 Å². The number of nitrogens with zero attached hydrogens (tertiary/aromatic N) is 5. The Labute approximate surface area is 177 Å². The lowest BCUT2D eigenvalue weighted by Gasteiger charge is -2.02. The molecule has 0 atom stereocenters. The summed E-state index contributed by atoms with van der Waals surface area (Å²) >= 11 is 0. The van der Waals surface area contributed by atoms with Crippen LogP contribution in [0.4, 0.5) is 0 Å². The second-order valence-electron chi connectivity index (χ2n) is 7.46. The zero-order valence-corrected chi connectivity index (χ0v) is 16.7. The van der Waals surface area contributed by atoms with Gasteiger partial charge in [0.1, 0.15) is 5.69 Å². The molecule has 3 heterocycles. The number of rotatable bonds is 7. The Bertz CT molecular complexity index is 1250. The number of aromatic nitrogens is 6. The largest absolute Gasteiger partial charge is 0.349 e. The molecule has 0 saturated heterocycles. The van der Waals surface area contributed by atoms with Gasteiger partial charge in [0.15, 0.2) is 5.82 Å². The molecule has 2 N–H and O–H groups in total. The number of benzene rings is 1. The molecule has 1 aliphatic carbocycles. The van der Waals surface area contributed by atoms with Crippen LogP contribution in [0.25, 0.3) is 22.6 Å². The summed E-state index contributed by atoms with van der Waals surface area (Å²) in [5.41, 5.74) is 2.64. The van der Waals surface area contributed by atoms with E-state index in [0.29, 0.717) is 17.2 Å². The van der Waals surface area contributed by atoms with Crippen LogP contribution < -0.4 is 11.0 Å². The molecule has 156 valence electrons. The maximum atomic E-state index is 12.9. The van der Waals surface area contributed by atoms with Crippen molar-refractivity contribution in [1.82, 2.24) is 34.8 Å². The lowest BCUT2D eigenvalue weighted by molar-refractivity contribution is 0.0946. The molecular weight excluding hydrogens is 394 g/mol. The molecule has 9 nitrogen and oxygen atoms in total. The normalized spacial score (nSPS) is 13.3. The fraction of sp³-hybridized carbons (Fsp3) is 0.227. The van der Waals surface area contributed by atoms with Crippen LogP contribution in [-0.2, 0) is 6.54 Å². The second-order valence-corrected chi connectivity index (χ2v) is 7.46. The van der Waals surface area contributed by atoms with Crippen LogP contribution in [-0.4, -0.2) is 42.0 Å². The lowest BCUT2D eigenvalue weighted by atomic mass is 10.1. The van der Waals surface area contributed by atoms with Crippen LogP contribution in [0.5, 0.6) is 0 Å². The summed E-state index contributed by atoms with van der Waals surface area (Å²) in [4.78, 5) is 29.5. The molecule has 0 bridgehead atoms. The Balaban J connectivity index is 1.27. The second kappa shape index (κ2) is 8.02. The molecule has 1 fully saturated rings. The third-order valence-electron chi connectivity index (χ3n) is 5.20. The van der Waals surface area contributed by atoms with Gasteiger partial charge in [0.25, 0.3) is 5.91 Å². The van der Waals surface area contributed by atoms with E-state index in [1.807, 2.05) is 42.5 Å². The van der Waals surface area contributed by atoms with Crippen LogP contribution in [0.1, 0.15) is 29.4 Å². The van der Waals surface area contributed by atoms with Crippen LogP contribution in [0.15, 0.2) is 65.7 Å². The first kappa shape index (κ1) is 19.0. The minimum atomic E-state index is -0.281. The molecule has 0 spiro atoms. The van der Waals surface area contributed by atoms with Crippen molar-refractivity contribution in [2.45, 2.75) is 25.4 Å². The molecule has 5 rings (SSSR count). The van der Waals surface area contributed by atoms with Crippen LogP contribution in [0.2, 0.25) is 0 Å². The third kappa shape index (κ3) is 3.89. The number of nitrogens with one attached hydrogen (secondary N) is 2. The van der Waals surface area contributed by atoms with E-state index in [0.717, 1.165) is 24.0 Å². The van der Waals surface area contributed by atoms with E-state index in [-0.39, 0.29) is 30.7 Å². The summed E-state index contributed by atoms with van der Waals surface area (Å²) in [5.74, 6) is 0.338. The van der Waals surface area contributed by atoms with E-state index in [4.69, 9.17) is 0 Å². The molecular formula is C22H21N7O2. The molecule has 1 aromatic carbocycles. The van der Waals surface area contributed by atoms with Gasteiger partial charge in [0.05, 0.1) is 12.2 Å². The van der Waals surface area contributed by atoms with Gasteiger partial charge in [0, 0.05) is 36.1 Å². The molecule has 1 aliphatic rings. The van der Waals surface area contributed by atoms with Gasteiger partial charge in [0.2, 0.25) is 0 Å². The van der Waals surface area contributed by atoms with Gasteiger partial charge in [-0.05, 0) is 31.0 Å². The lowest BCUT2D eigenvalue weighted by Crippen LogP contribution is -2.32. The third-order valence-corrected chi connectivity index (χ3v) is 5.20. The Morgan fingerprint density at radius 1 is 1.13 bits per heavy atom. The summed E-state index contributed by atoms with van der Waals surface area (Å²) in [6.07, 6.45) is 5.34. The fourth-order valence-electron chi connectivity index (χ4n) is 3.48. The molecule has 1 amide bonds. The first-order chi connectivity index (χ1) is 15.2. The highest BCUT2D eigenvalue weighted by Crippen LogP contribution is 2.36. The summed E-state index contributed by atoms with van der Waals surface area (Å²) in [6, 6.07) is 15.2. The summed E-state index contributed by atoms with van der Waals surface area (Å²) in [7, 11) is 0. The van der Waals surface area contributed by atoms with E-state index >= 15 is 0 Å². The summed E-state index contributed by atoms with van der Waals surface area (Å²) in [6.45, 7) is 0.545. The molecule has 1 saturated carbocycles. The highest BCUT2D eigenvalue weighted by atomic mass is 16.2. The van der Waals surface area contributed by atoms with Crippen molar-refractivity contribution in [3.63, 3.8) is 0 Å². The molecule has 31 heavy (non-hydrogen) atoms. The van der Waals surface area contributed by atoms with E-state index in [1.165, 1.54) is 4.68 Å². The van der Waals surface area contributed by atoms with Crippen molar-refractivity contribution in [3.05, 3.63) is 77.1 Å². The maximum absolute atomic E-state index is 12.9. The minimum absolute atomic E-state index is 0.163. The average Bonchev–Trinajstić information content (AvgIpc) is 3.42. The Hall–Kier alpha value is -4.01. The SMILES string of the molecule is O=C(NCCn1nc(-c2cccnc2)n(C2CC2)c1=O)c1cc(-c2ccccc2)n[nH]1. The van der Waals surface area contributed by atoms with Crippen molar-refractivity contribution >= 4 is 5.91 Å². The number of carbonyl (C=O) groups excluding carboxylic acids is 1.